The first kappa shape index (κ1) is 16.2. The summed E-state index contributed by atoms with van der Waals surface area (Å²) >= 11 is 7.06. The molecule has 2 amide bonds. The van der Waals surface area contributed by atoms with Crippen LogP contribution >= 0.6 is 22.9 Å². The minimum Gasteiger partial charge on any atom is -0.364 e. The van der Waals surface area contributed by atoms with Crippen LogP contribution in [0.2, 0.25) is 5.02 Å². The van der Waals surface area contributed by atoms with E-state index in [1.807, 2.05) is 0 Å². The van der Waals surface area contributed by atoms with Crippen LogP contribution in [0.5, 0.6) is 0 Å². The number of nitrogens with two attached hydrogens (primary N) is 1. The number of nitrogens with one attached hydrogen (secondary N) is 2. The smallest absolute Gasteiger partial charge is 0.265 e. The fourth-order valence-electron chi connectivity index (χ4n) is 1.99. The maximum atomic E-state index is 13.0. The van der Waals surface area contributed by atoms with E-state index in [1.54, 1.807) is 17.6 Å². The number of amides is 2. The van der Waals surface area contributed by atoms with Gasteiger partial charge in [-0.3, -0.25) is 14.9 Å². The van der Waals surface area contributed by atoms with Crippen LogP contribution < -0.4 is 11.1 Å². The summed E-state index contributed by atoms with van der Waals surface area (Å²) in [6.45, 7) is 0. The van der Waals surface area contributed by atoms with Crippen molar-refractivity contribution in [2.24, 2.45) is 5.73 Å². The molecular formula is C15H10ClFN4O2S. The Bertz CT molecular complexity index is 937. The zero-order chi connectivity index (χ0) is 17.3. The Morgan fingerprint density at radius 2 is 2.12 bits per heavy atom. The molecule has 0 atom stereocenters. The number of carbonyl (C=O) groups excluding carboxylic acids is 2. The molecule has 2 aromatic heterocycles. The fraction of sp³-hybridized carbons (Fsp3) is 0. The topological polar surface area (TPSA) is 101 Å². The summed E-state index contributed by atoms with van der Waals surface area (Å²) in [5, 5.41) is 4.68. The molecule has 0 spiro atoms. The lowest BCUT2D eigenvalue weighted by molar-refractivity contribution is 0.0994. The molecule has 3 aromatic rings. The summed E-state index contributed by atoms with van der Waals surface area (Å²) in [6.07, 6.45) is 1.59. The van der Waals surface area contributed by atoms with Gasteiger partial charge in [0.2, 0.25) is 0 Å². The van der Waals surface area contributed by atoms with E-state index < -0.39 is 17.6 Å². The summed E-state index contributed by atoms with van der Waals surface area (Å²) in [4.78, 5) is 30.3. The van der Waals surface area contributed by atoms with Gasteiger partial charge in [-0.25, -0.2) is 9.37 Å². The van der Waals surface area contributed by atoms with Crippen LogP contribution in [0.25, 0.3) is 11.3 Å². The lowest BCUT2D eigenvalue weighted by atomic mass is 10.2. The molecule has 4 N–H and O–H groups in total. The van der Waals surface area contributed by atoms with Crippen molar-refractivity contribution in [3.63, 3.8) is 0 Å². The Labute approximate surface area is 144 Å². The van der Waals surface area contributed by atoms with Gasteiger partial charge in [0.15, 0.2) is 5.13 Å². The Kier molecular flexibility index (Phi) is 4.32. The molecule has 0 aliphatic heterocycles. The molecule has 0 radical (unpaired) electrons. The number of nitrogens with zero attached hydrogens (tertiary/aromatic N) is 1. The Morgan fingerprint density at radius 1 is 1.33 bits per heavy atom. The molecule has 0 saturated heterocycles. The number of thiazole rings is 1. The lowest BCUT2D eigenvalue weighted by Crippen LogP contribution is -2.12. The molecule has 24 heavy (non-hydrogen) atoms. The zero-order valence-electron chi connectivity index (χ0n) is 12.0. The highest BCUT2D eigenvalue weighted by atomic mass is 35.5. The molecule has 0 aliphatic rings. The third-order valence-corrected chi connectivity index (χ3v) is 4.22. The first-order chi connectivity index (χ1) is 11.4. The highest BCUT2D eigenvalue weighted by Gasteiger charge is 2.14. The van der Waals surface area contributed by atoms with Gasteiger partial charge >= 0.3 is 0 Å². The van der Waals surface area contributed by atoms with Crippen molar-refractivity contribution in [3.8, 4) is 11.3 Å². The number of hydrogen-bond acceptors (Lipinski definition) is 4. The van der Waals surface area contributed by atoms with Gasteiger partial charge < -0.3 is 10.7 Å². The van der Waals surface area contributed by atoms with Crippen LogP contribution in [0.4, 0.5) is 9.52 Å². The molecule has 3 rings (SSSR count). The van der Waals surface area contributed by atoms with Crippen molar-refractivity contribution in [1.29, 1.82) is 0 Å². The van der Waals surface area contributed by atoms with E-state index >= 15 is 0 Å². The monoisotopic (exact) mass is 364 g/mol. The van der Waals surface area contributed by atoms with Gasteiger partial charge in [0.05, 0.1) is 16.3 Å². The maximum Gasteiger partial charge on any atom is 0.265 e. The van der Waals surface area contributed by atoms with Gasteiger partial charge in [-0.15, -0.1) is 11.3 Å². The number of rotatable bonds is 4. The van der Waals surface area contributed by atoms with Crippen LogP contribution in [0, 0.1) is 5.82 Å². The highest BCUT2D eigenvalue weighted by molar-refractivity contribution is 7.14. The molecule has 0 saturated carbocycles. The summed E-state index contributed by atoms with van der Waals surface area (Å²) in [6, 6.07) is 5.08. The van der Waals surface area contributed by atoms with Crippen LogP contribution in [0.1, 0.15) is 20.8 Å². The maximum absolute atomic E-state index is 13.0. The molecule has 0 unspecified atom stereocenters. The van der Waals surface area contributed by atoms with Crippen LogP contribution in [0.15, 0.2) is 35.8 Å². The normalized spacial score (nSPS) is 10.6. The predicted molar refractivity (Wildman–Crippen MR) is 89.8 cm³/mol. The second-order valence-corrected chi connectivity index (χ2v) is 6.05. The Balaban J connectivity index is 1.78. The van der Waals surface area contributed by atoms with Crippen molar-refractivity contribution in [1.82, 2.24) is 9.97 Å². The largest absolute Gasteiger partial charge is 0.364 e. The van der Waals surface area contributed by atoms with Crippen molar-refractivity contribution < 1.29 is 14.0 Å². The molecule has 0 aliphatic carbocycles. The first-order valence-corrected chi connectivity index (χ1v) is 7.90. The number of carbonyl (C=O) groups is 2. The number of aromatic amines is 1. The van der Waals surface area contributed by atoms with Gasteiger partial charge in [-0.2, -0.15) is 0 Å². The van der Waals surface area contributed by atoms with Crippen molar-refractivity contribution >= 4 is 39.9 Å². The van der Waals surface area contributed by atoms with Gasteiger partial charge in [0, 0.05) is 17.1 Å². The van der Waals surface area contributed by atoms with Gasteiger partial charge in [0.25, 0.3) is 11.8 Å². The van der Waals surface area contributed by atoms with Crippen LogP contribution in [-0.4, -0.2) is 21.8 Å². The van der Waals surface area contributed by atoms with Gasteiger partial charge in [-0.05, 0) is 24.3 Å². The van der Waals surface area contributed by atoms with Crippen molar-refractivity contribution in [3.05, 3.63) is 57.9 Å². The van der Waals surface area contributed by atoms with Gasteiger partial charge in [-0.1, -0.05) is 11.6 Å². The molecule has 0 bridgehead atoms. The summed E-state index contributed by atoms with van der Waals surface area (Å²) in [7, 11) is 0. The number of benzene rings is 1. The molecule has 0 fully saturated rings. The number of hydrogen-bond donors (Lipinski definition) is 3. The summed E-state index contributed by atoms with van der Waals surface area (Å²) in [5.41, 5.74) is 6.83. The molecule has 9 heteroatoms. The highest BCUT2D eigenvalue weighted by Crippen LogP contribution is 2.26. The van der Waals surface area contributed by atoms with Gasteiger partial charge in [0.1, 0.15) is 11.5 Å². The summed E-state index contributed by atoms with van der Waals surface area (Å²) < 4.78 is 13.0. The molecule has 6 nitrogen and oxygen atoms in total. The quantitative estimate of drug-likeness (QED) is 0.662. The predicted octanol–water partition coefficient (Wildman–Crippen LogP) is 3.28. The zero-order valence-corrected chi connectivity index (χ0v) is 13.5. The van der Waals surface area contributed by atoms with E-state index in [9.17, 15) is 14.0 Å². The Hall–Kier alpha value is -2.71. The van der Waals surface area contributed by atoms with E-state index in [0.29, 0.717) is 16.4 Å². The third kappa shape index (κ3) is 3.29. The minimum atomic E-state index is -0.573. The number of anilines is 1. The van der Waals surface area contributed by atoms with Crippen molar-refractivity contribution in [2.75, 3.05) is 5.32 Å². The lowest BCUT2D eigenvalue weighted by Gasteiger charge is -2.03. The van der Waals surface area contributed by atoms with E-state index in [2.05, 4.69) is 15.3 Å². The molecular weight excluding hydrogens is 355 g/mol. The average Bonchev–Trinajstić information content (AvgIpc) is 3.15. The van der Waals surface area contributed by atoms with E-state index in [1.165, 1.54) is 17.4 Å². The standard InChI is InChI=1S/C15H10ClFN4O2S/c16-10-4-8(17)1-2-9(10)14(23)21-15-20-12(6-24-15)7-3-11(13(18)22)19-5-7/h1-6,19H,(H2,18,22)(H,20,21,23). The van der Waals surface area contributed by atoms with Crippen molar-refractivity contribution in [2.45, 2.75) is 0 Å². The second-order valence-electron chi connectivity index (χ2n) is 4.78. The van der Waals surface area contributed by atoms with E-state index in [4.69, 9.17) is 17.3 Å². The third-order valence-electron chi connectivity index (χ3n) is 3.14. The second kappa shape index (κ2) is 6.42. The minimum absolute atomic E-state index is 0.0148. The molecule has 2 heterocycles. The fourth-order valence-corrected chi connectivity index (χ4v) is 2.95. The molecule has 1 aromatic carbocycles. The number of halogens is 2. The van der Waals surface area contributed by atoms with E-state index in [0.717, 1.165) is 12.1 Å². The number of primary amides is 1. The van der Waals surface area contributed by atoms with Crippen LogP contribution in [0.3, 0.4) is 0 Å². The van der Waals surface area contributed by atoms with Crippen LogP contribution in [-0.2, 0) is 0 Å². The number of H-pyrrole nitrogens is 1. The number of aromatic nitrogens is 2. The average molecular weight is 365 g/mol. The summed E-state index contributed by atoms with van der Waals surface area (Å²) in [5.74, 6) is -1.59. The Morgan fingerprint density at radius 3 is 2.79 bits per heavy atom. The van der Waals surface area contributed by atoms with E-state index in [-0.39, 0.29) is 16.3 Å². The SMILES string of the molecule is NC(=O)c1cc(-c2csc(NC(=O)c3ccc(F)cc3Cl)n2)c[nH]1. The first-order valence-electron chi connectivity index (χ1n) is 6.64. The molecule has 122 valence electrons.